The second-order valence-corrected chi connectivity index (χ2v) is 3.46. The molecule has 71 valence electrons. The predicted molar refractivity (Wildman–Crippen MR) is 52.6 cm³/mol. The van der Waals surface area contributed by atoms with E-state index in [1.165, 1.54) is 6.07 Å². The maximum absolute atomic E-state index is 9.42. The van der Waals surface area contributed by atoms with E-state index in [2.05, 4.69) is 6.92 Å². The summed E-state index contributed by atoms with van der Waals surface area (Å²) in [6.45, 7) is 5.91. The van der Waals surface area contributed by atoms with Crippen LogP contribution in [0, 0.1) is 12.8 Å². The van der Waals surface area contributed by atoms with Crippen LogP contribution in [-0.4, -0.2) is 10.2 Å². The van der Waals surface area contributed by atoms with Crippen LogP contribution in [0.4, 0.5) is 0 Å². The SMILES string of the molecule is [CH2]C(C)CCc1ccc(O)cc1O. The molecule has 0 saturated carbocycles. The van der Waals surface area contributed by atoms with Crippen LogP contribution >= 0.6 is 0 Å². The molecule has 0 aromatic heterocycles. The maximum atomic E-state index is 9.42. The lowest BCUT2D eigenvalue weighted by atomic mass is 10.0. The van der Waals surface area contributed by atoms with Gasteiger partial charge in [0.25, 0.3) is 0 Å². The van der Waals surface area contributed by atoms with Gasteiger partial charge in [-0.15, -0.1) is 0 Å². The fraction of sp³-hybridized carbons (Fsp3) is 0.364. The largest absolute Gasteiger partial charge is 0.508 e. The first kappa shape index (κ1) is 9.90. The van der Waals surface area contributed by atoms with E-state index < -0.39 is 0 Å². The van der Waals surface area contributed by atoms with Gasteiger partial charge in [-0.3, -0.25) is 0 Å². The average molecular weight is 179 g/mol. The van der Waals surface area contributed by atoms with E-state index in [1.54, 1.807) is 12.1 Å². The van der Waals surface area contributed by atoms with Crippen LogP contribution in [0.25, 0.3) is 0 Å². The highest BCUT2D eigenvalue weighted by atomic mass is 16.3. The molecule has 0 bridgehead atoms. The summed E-state index contributed by atoms with van der Waals surface area (Å²) in [5.41, 5.74) is 0.869. The normalized spacial score (nSPS) is 10.7. The zero-order valence-corrected chi connectivity index (χ0v) is 7.83. The van der Waals surface area contributed by atoms with Gasteiger partial charge in [0.05, 0.1) is 0 Å². The van der Waals surface area contributed by atoms with Crippen LogP contribution < -0.4 is 0 Å². The molecule has 0 heterocycles. The highest BCUT2D eigenvalue weighted by Gasteiger charge is 2.03. The maximum Gasteiger partial charge on any atom is 0.122 e. The molecule has 1 aromatic carbocycles. The van der Waals surface area contributed by atoms with Gasteiger partial charge in [0, 0.05) is 6.07 Å². The van der Waals surface area contributed by atoms with Gasteiger partial charge in [-0.05, 0) is 30.4 Å². The number of phenols is 2. The summed E-state index contributed by atoms with van der Waals surface area (Å²) >= 11 is 0. The second-order valence-electron chi connectivity index (χ2n) is 3.46. The Morgan fingerprint density at radius 2 is 2.08 bits per heavy atom. The number of aryl methyl sites for hydroxylation is 1. The fourth-order valence-corrected chi connectivity index (χ4v) is 1.17. The molecular formula is C11H15O2. The predicted octanol–water partition coefficient (Wildman–Crippen LogP) is 2.50. The lowest BCUT2D eigenvalue weighted by Gasteiger charge is -2.06. The molecule has 0 amide bonds. The van der Waals surface area contributed by atoms with Gasteiger partial charge in [0.1, 0.15) is 11.5 Å². The molecule has 0 saturated heterocycles. The van der Waals surface area contributed by atoms with Crippen molar-refractivity contribution in [2.45, 2.75) is 19.8 Å². The van der Waals surface area contributed by atoms with Crippen molar-refractivity contribution in [1.29, 1.82) is 0 Å². The third kappa shape index (κ3) is 2.98. The summed E-state index contributed by atoms with van der Waals surface area (Å²) in [5, 5.41) is 18.5. The molecular weight excluding hydrogens is 164 g/mol. The molecule has 13 heavy (non-hydrogen) atoms. The Hall–Kier alpha value is -1.18. The van der Waals surface area contributed by atoms with Crippen molar-refractivity contribution in [2.24, 2.45) is 5.92 Å². The standard InChI is InChI=1S/C11H15O2/c1-8(2)3-4-9-5-6-10(12)7-11(9)13/h5-8,12-13H,1,3-4H2,2H3. The van der Waals surface area contributed by atoms with Crippen molar-refractivity contribution in [2.75, 3.05) is 0 Å². The summed E-state index contributed by atoms with van der Waals surface area (Å²) in [6, 6.07) is 4.69. The van der Waals surface area contributed by atoms with Crippen LogP contribution in [0.5, 0.6) is 11.5 Å². The molecule has 2 heteroatoms. The van der Waals surface area contributed by atoms with E-state index in [1.807, 2.05) is 6.92 Å². The Balaban J connectivity index is 2.67. The van der Waals surface area contributed by atoms with Gasteiger partial charge in [-0.2, -0.15) is 0 Å². The van der Waals surface area contributed by atoms with Crippen LogP contribution in [-0.2, 0) is 6.42 Å². The molecule has 0 aliphatic carbocycles. The molecule has 1 rings (SSSR count). The van der Waals surface area contributed by atoms with Crippen LogP contribution in [0.2, 0.25) is 0 Å². The molecule has 2 N–H and O–H groups in total. The number of phenolic OH excluding ortho intramolecular Hbond substituents is 2. The van der Waals surface area contributed by atoms with Crippen LogP contribution in [0.1, 0.15) is 18.9 Å². The Morgan fingerprint density at radius 3 is 2.62 bits per heavy atom. The van der Waals surface area contributed by atoms with Crippen LogP contribution in [0.3, 0.4) is 0 Å². The highest BCUT2D eigenvalue weighted by molar-refractivity contribution is 5.38. The first-order chi connectivity index (χ1) is 6.09. The molecule has 0 aliphatic rings. The number of hydrogen-bond donors (Lipinski definition) is 2. The third-order valence-corrected chi connectivity index (χ3v) is 1.98. The van der Waals surface area contributed by atoms with Gasteiger partial charge in [0.2, 0.25) is 0 Å². The van der Waals surface area contributed by atoms with E-state index in [4.69, 9.17) is 5.11 Å². The average Bonchev–Trinajstić information content (AvgIpc) is 2.02. The van der Waals surface area contributed by atoms with Gasteiger partial charge in [0.15, 0.2) is 0 Å². The third-order valence-electron chi connectivity index (χ3n) is 1.98. The van der Waals surface area contributed by atoms with Gasteiger partial charge < -0.3 is 10.2 Å². The Bertz CT molecular complexity index is 279. The Labute approximate surface area is 78.8 Å². The lowest BCUT2D eigenvalue weighted by Crippen LogP contribution is -1.92. The summed E-state index contributed by atoms with van der Waals surface area (Å²) < 4.78 is 0. The van der Waals surface area contributed by atoms with E-state index in [0.717, 1.165) is 18.4 Å². The molecule has 1 atom stereocenters. The van der Waals surface area contributed by atoms with Crippen molar-refractivity contribution in [3.63, 3.8) is 0 Å². The van der Waals surface area contributed by atoms with Crippen molar-refractivity contribution in [3.8, 4) is 11.5 Å². The molecule has 1 radical (unpaired) electrons. The van der Waals surface area contributed by atoms with Gasteiger partial charge >= 0.3 is 0 Å². The fourth-order valence-electron chi connectivity index (χ4n) is 1.17. The number of aromatic hydroxyl groups is 2. The summed E-state index contributed by atoms with van der Waals surface area (Å²) in [7, 11) is 0. The highest BCUT2D eigenvalue weighted by Crippen LogP contribution is 2.24. The number of rotatable bonds is 3. The molecule has 0 spiro atoms. The van der Waals surface area contributed by atoms with Gasteiger partial charge in [-0.25, -0.2) is 0 Å². The number of benzene rings is 1. The van der Waals surface area contributed by atoms with Crippen molar-refractivity contribution in [1.82, 2.24) is 0 Å². The molecule has 1 aromatic rings. The summed E-state index contributed by atoms with van der Waals surface area (Å²) in [4.78, 5) is 0. The quantitative estimate of drug-likeness (QED) is 0.748. The minimum absolute atomic E-state index is 0.101. The smallest absolute Gasteiger partial charge is 0.122 e. The van der Waals surface area contributed by atoms with E-state index in [9.17, 15) is 5.11 Å². The zero-order chi connectivity index (χ0) is 9.84. The zero-order valence-electron chi connectivity index (χ0n) is 7.83. The first-order valence-electron chi connectivity index (χ1n) is 4.43. The van der Waals surface area contributed by atoms with Crippen molar-refractivity contribution in [3.05, 3.63) is 30.7 Å². The topological polar surface area (TPSA) is 40.5 Å². The van der Waals surface area contributed by atoms with Crippen molar-refractivity contribution < 1.29 is 10.2 Å². The van der Waals surface area contributed by atoms with E-state index in [0.29, 0.717) is 5.92 Å². The summed E-state index contributed by atoms with van der Waals surface area (Å²) in [6.07, 6.45) is 1.75. The Morgan fingerprint density at radius 1 is 1.38 bits per heavy atom. The summed E-state index contributed by atoms with van der Waals surface area (Å²) in [5.74, 6) is 0.651. The van der Waals surface area contributed by atoms with E-state index in [-0.39, 0.29) is 11.5 Å². The monoisotopic (exact) mass is 179 g/mol. The molecule has 0 aliphatic heterocycles. The first-order valence-corrected chi connectivity index (χ1v) is 4.43. The lowest BCUT2D eigenvalue weighted by molar-refractivity contribution is 0.444. The number of hydrogen-bond acceptors (Lipinski definition) is 2. The van der Waals surface area contributed by atoms with Crippen LogP contribution in [0.15, 0.2) is 18.2 Å². The van der Waals surface area contributed by atoms with E-state index >= 15 is 0 Å². The molecule has 2 nitrogen and oxygen atoms in total. The minimum atomic E-state index is 0.101. The van der Waals surface area contributed by atoms with Gasteiger partial charge in [-0.1, -0.05) is 19.9 Å². The molecule has 1 unspecified atom stereocenters. The minimum Gasteiger partial charge on any atom is -0.508 e. The molecule has 0 fully saturated rings. The second kappa shape index (κ2) is 4.17. The Kier molecular flexibility index (Phi) is 3.18. The van der Waals surface area contributed by atoms with Crippen molar-refractivity contribution >= 4 is 0 Å².